The van der Waals surface area contributed by atoms with E-state index >= 15 is 0 Å². The van der Waals surface area contributed by atoms with Crippen molar-refractivity contribution in [1.82, 2.24) is 0 Å². The molecule has 0 radical (unpaired) electrons. The van der Waals surface area contributed by atoms with Gasteiger partial charge in [0.15, 0.2) is 0 Å². The maximum absolute atomic E-state index is 12.3. The van der Waals surface area contributed by atoms with Gasteiger partial charge < -0.3 is 14.6 Å². The van der Waals surface area contributed by atoms with Crippen LogP contribution in [0.1, 0.15) is 32.1 Å². The van der Waals surface area contributed by atoms with Crippen LogP contribution in [0, 0.1) is 5.21 Å². The van der Waals surface area contributed by atoms with Gasteiger partial charge in [0, 0.05) is 0 Å². The minimum Gasteiger partial charge on any atom is -0.632 e. The Kier molecular flexibility index (Phi) is 2.86. The van der Waals surface area contributed by atoms with Crippen molar-refractivity contribution in [3.8, 4) is 0 Å². The molecule has 13 heavy (non-hydrogen) atoms. The summed E-state index contributed by atoms with van der Waals surface area (Å²) in [7, 11) is 0. The highest BCUT2D eigenvalue weighted by Crippen LogP contribution is 2.28. The summed E-state index contributed by atoms with van der Waals surface area (Å²) in [5.41, 5.74) is 0. The molecule has 0 aromatic heterocycles. The zero-order chi connectivity index (χ0) is 9.15. The summed E-state index contributed by atoms with van der Waals surface area (Å²) >= 11 is 0. The lowest BCUT2D eigenvalue weighted by Gasteiger charge is -2.51. The molecule has 0 aromatic carbocycles. The highest BCUT2D eigenvalue weighted by Gasteiger charge is 2.31. The van der Waals surface area contributed by atoms with Crippen LogP contribution in [0.4, 0.5) is 0 Å². The van der Waals surface area contributed by atoms with Gasteiger partial charge in [0.1, 0.15) is 13.1 Å². The van der Waals surface area contributed by atoms with Crippen molar-refractivity contribution in [2.75, 3.05) is 26.3 Å². The van der Waals surface area contributed by atoms with Gasteiger partial charge in [-0.15, -0.1) is 0 Å². The molecule has 3 nitrogen and oxygen atoms in total. The molecule has 0 atom stereocenters. The fourth-order valence-electron chi connectivity index (χ4n) is 2.57. The summed E-state index contributed by atoms with van der Waals surface area (Å²) in [6.45, 7) is 2.70. The van der Waals surface area contributed by atoms with E-state index in [1.807, 2.05) is 0 Å². The molecule has 2 fully saturated rings. The first-order valence-electron chi connectivity index (χ1n) is 5.47. The number of ether oxygens (including phenoxy) is 1. The zero-order valence-corrected chi connectivity index (χ0v) is 8.21. The van der Waals surface area contributed by atoms with E-state index in [1.54, 1.807) is 0 Å². The summed E-state index contributed by atoms with van der Waals surface area (Å²) in [5.74, 6) is 0. The van der Waals surface area contributed by atoms with Crippen LogP contribution < -0.4 is 0 Å². The smallest absolute Gasteiger partial charge is 0.102 e. The molecule has 1 saturated heterocycles. The van der Waals surface area contributed by atoms with Crippen molar-refractivity contribution in [2.45, 2.75) is 38.1 Å². The number of hydrogen-bond acceptors (Lipinski definition) is 2. The fraction of sp³-hybridized carbons (Fsp3) is 1.00. The van der Waals surface area contributed by atoms with E-state index in [-0.39, 0.29) is 4.65 Å². The zero-order valence-electron chi connectivity index (χ0n) is 8.21. The molecule has 76 valence electrons. The first-order valence-corrected chi connectivity index (χ1v) is 5.47. The van der Waals surface area contributed by atoms with Gasteiger partial charge >= 0.3 is 0 Å². The maximum Gasteiger partial charge on any atom is 0.102 e. The van der Waals surface area contributed by atoms with Gasteiger partial charge in [-0.1, -0.05) is 6.42 Å². The molecule has 2 aliphatic rings. The predicted molar refractivity (Wildman–Crippen MR) is 51.1 cm³/mol. The van der Waals surface area contributed by atoms with Crippen LogP contribution in [-0.2, 0) is 4.74 Å². The van der Waals surface area contributed by atoms with Crippen LogP contribution in [0.2, 0.25) is 0 Å². The van der Waals surface area contributed by atoms with Crippen LogP contribution in [-0.4, -0.2) is 37.0 Å². The molecule has 1 saturated carbocycles. The van der Waals surface area contributed by atoms with Gasteiger partial charge in [-0.3, -0.25) is 0 Å². The summed E-state index contributed by atoms with van der Waals surface area (Å²) in [6.07, 6.45) is 6.13. The standard InChI is InChI=1S/C10H19NO2/c12-11(6-8-13-9-7-11)10-4-2-1-3-5-10/h10H,1-9H2. The first-order chi connectivity index (χ1) is 6.31. The molecule has 2 rings (SSSR count). The molecular formula is C10H19NO2. The van der Waals surface area contributed by atoms with E-state index in [4.69, 9.17) is 4.74 Å². The van der Waals surface area contributed by atoms with E-state index in [0.29, 0.717) is 32.3 Å². The Hall–Kier alpha value is -0.120. The van der Waals surface area contributed by atoms with E-state index in [2.05, 4.69) is 0 Å². The number of nitrogens with zero attached hydrogens (tertiary/aromatic N) is 1. The lowest BCUT2D eigenvalue weighted by Crippen LogP contribution is -2.57. The molecule has 1 aliphatic heterocycles. The Balaban J connectivity index is 1.94. The van der Waals surface area contributed by atoms with E-state index in [9.17, 15) is 5.21 Å². The van der Waals surface area contributed by atoms with Gasteiger partial charge in [-0.2, -0.15) is 0 Å². The van der Waals surface area contributed by atoms with Crippen LogP contribution in [0.3, 0.4) is 0 Å². The highest BCUT2D eigenvalue weighted by atomic mass is 16.6. The Labute approximate surface area is 79.8 Å². The average Bonchev–Trinajstić information content (AvgIpc) is 2.20. The number of rotatable bonds is 1. The maximum atomic E-state index is 12.3. The molecule has 0 aromatic rings. The number of morpholine rings is 1. The van der Waals surface area contributed by atoms with Crippen molar-refractivity contribution < 1.29 is 9.38 Å². The lowest BCUT2D eigenvalue weighted by molar-refractivity contribution is -0.914. The Morgan fingerprint density at radius 1 is 1.00 bits per heavy atom. The molecule has 1 heterocycles. The van der Waals surface area contributed by atoms with Gasteiger partial charge in [-0.05, 0) is 25.7 Å². The highest BCUT2D eigenvalue weighted by molar-refractivity contribution is 4.69. The Bertz CT molecular complexity index is 160. The molecule has 0 spiro atoms. The molecule has 1 aliphatic carbocycles. The van der Waals surface area contributed by atoms with Crippen LogP contribution in [0.5, 0.6) is 0 Å². The fourth-order valence-corrected chi connectivity index (χ4v) is 2.57. The summed E-state index contributed by atoms with van der Waals surface area (Å²) in [5, 5.41) is 12.3. The molecule has 0 amide bonds. The third-order valence-electron chi connectivity index (χ3n) is 3.47. The second-order valence-corrected chi connectivity index (χ2v) is 4.30. The second-order valence-electron chi connectivity index (χ2n) is 4.30. The van der Waals surface area contributed by atoms with E-state index in [0.717, 1.165) is 12.8 Å². The van der Waals surface area contributed by atoms with Crippen molar-refractivity contribution >= 4 is 0 Å². The average molecular weight is 185 g/mol. The predicted octanol–water partition coefficient (Wildman–Crippen LogP) is 1.66. The normalized spacial score (nSPS) is 30.2. The van der Waals surface area contributed by atoms with E-state index < -0.39 is 0 Å². The molecule has 0 unspecified atom stereocenters. The quantitative estimate of drug-likeness (QED) is 0.459. The van der Waals surface area contributed by atoms with Gasteiger partial charge in [0.25, 0.3) is 0 Å². The monoisotopic (exact) mass is 185 g/mol. The van der Waals surface area contributed by atoms with Gasteiger partial charge in [-0.25, -0.2) is 0 Å². The minimum absolute atomic E-state index is 0.0417. The number of hydroxylamine groups is 3. The Morgan fingerprint density at radius 3 is 2.23 bits per heavy atom. The van der Waals surface area contributed by atoms with Crippen molar-refractivity contribution in [3.05, 3.63) is 5.21 Å². The van der Waals surface area contributed by atoms with Crippen LogP contribution >= 0.6 is 0 Å². The van der Waals surface area contributed by atoms with Crippen LogP contribution in [0.25, 0.3) is 0 Å². The molecular weight excluding hydrogens is 166 g/mol. The third-order valence-corrected chi connectivity index (χ3v) is 3.47. The third kappa shape index (κ3) is 2.03. The Morgan fingerprint density at radius 2 is 1.62 bits per heavy atom. The summed E-state index contributed by atoms with van der Waals surface area (Å²) in [4.78, 5) is 0. The molecule has 3 heteroatoms. The molecule has 0 N–H and O–H groups in total. The number of hydrogen-bond donors (Lipinski definition) is 0. The lowest BCUT2D eigenvalue weighted by atomic mass is 9.93. The first kappa shape index (κ1) is 9.44. The largest absolute Gasteiger partial charge is 0.632 e. The summed E-state index contributed by atoms with van der Waals surface area (Å²) in [6, 6.07) is 0.387. The van der Waals surface area contributed by atoms with Crippen molar-refractivity contribution in [3.63, 3.8) is 0 Å². The SMILES string of the molecule is [O-][N+]1(C2CCCCC2)CCOCC1. The van der Waals surface area contributed by atoms with E-state index in [1.165, 1.54) is 19.3 Å². The second kappa shape index (κ2) is 3.95. The molecule has 0 bridgehead atoms. The topological polar surface area (TPSA) is 32.3 Å². The number of quaternary nitrogens is 1. The van der Waals surface area contributed by atoms with Crippen LogP contribution in [0.15, 0.2) is 0 Å². The summed E-state index contributed by atoms with van der Waals surface area (Å²) < 4.78 is 5.28. The van der Waals surface area contributed by atoms with Crippen molar-refractivity contribution in [1.29, 1.82) is 0 Å². The van der Waals surface area contributed by atoms with Crippen molar-refractivity contribution in [2.24, 2.45) is 0 Å². The minimum atomic E-state index is 0.0417. The van der Waals surface area contributed by atoms with Gasteiger partial charge in [0.05, 0.1) is 19.3 Å². The van der Waals surface area contributed by atoms with Gasteiger partial charge in [0.2, 0.25) is 0 Å².